The van der Waals surface area contributed by atoms with Gasteiger partial charge in [-0.05, 0) is 30.3 Å². The molecule has 5 nitrogen and oxygen atoms in total. The highest BCUT2D eigenvalue weighted by Crippen LogP contribution is 2.39. The number of thiophene rings is 1. The first-order valence-electron chi connectivity index (χ1n) is 7.76. The molecule has 0 saturated carbocycles. The zero-order valence-electron chi connectivity index (χ0n) is 12.9. The summed E-state index contributed by atoms with van der Waals surface area (Å²) in [6.45, 7) is 0. The maximum atomic E-state index is 6.08. The first-order valence-corrected chi connectivity index (χ1v) is 9.94. The summed E-state index contributed by atoms with van der Waals surface area (Å²) in [6, 6.07) is 9.95. The second-order valence-corrected chi connectivity index (χ2v) is 8.49. The molecule has 5 rings (SSSR count). The summed E-state index contributed by atoms with van der Waals surface area (Å²) in [5.41, 5.74) is 3.10. The molecular formula is C17H12ClN5S2. The van der Waals surface area contributed by atoms with Crippen molar-refractivity contribution in [2.24, 2.45) is 0 Å². The van der Waals surface area contributed by atoms with E-state index >= 15 is 0 Å². The second kappa shape index (κ2) is 6.01. The largest absolute Gasteiger partial charge is 0.339 e. The van der Waals surface area contributed by atoms with E-state index in [4.69, 9.17) is 21.6 Å². The monoisotopic (exact) mass is 385 g/mol. The number of H-pyrrole nitrogens is 1. The predicted molar refractivity (Wildman–Crippen MR) is 104 cm³/mol. The van der Waals surface area contributed by atoms with Crippen LogP contribution in [0.2, 0.25) is 4.34 Å². The molecule has 0 unspecified atom stereocenters. The number of thioether (sulfide) groups is 1. The Morgan fingerprint density at radius 2 is 2.12 bits per heavy atom. The summed E-state index contributed by atoms with van der Waals surface area (Å²) in [5, 5.41) is 11.6. The molecule has 0 bridgehead atoms. The number of halogens is 1. The molecule has 3 aromatic heterocycles. The van der Waals surface area contributed by atoms with Gasteiger partial charge in [-0.1, -0.05) is 11.6 Å². The summed E-state index contributed by atoms with van der Waals surface area (Å²) in [7, 11) is 0. The summed E-state index contributed by atoms with van der Waals surface area (Å²) in [4.78, 5) is 11.6. The van der Waals surface area contributed by atoms with E-state index in [9.17, 15) is 0 Å². The van der Waals surface area contributed by atoms with Crippen LogP contribution in [0.5, 0.6) is 0 Å². The molecule has 4 heterocycles. The van der Waals surface area contributed by atoms with E-state index in [1.54, 1.807) is 11.8 Å². The average Bonchev–Trinajstić information content (AvgIpc) is 3.33. The number of aromatic amines is 1. The van der Waals surface area contributed by atoms with E-state index in [2.05, 4.69) is 21.6 Å². The smallest absolute Gasteiger partial charge is 0.172 e. The number of benzene rings is 1. The molecule has 1 aliphatic heterocycles. The number of nitrogens with one attached hydrogen (secondary N) is 2. The van der Waals surface area contributed by atoms with Crippen molar-refractivity contribution in [3.05, 3.63) is 46.6 Å². The molecule has 124 valence electrons. The van der Waals surface area contributed by atoms with Gasteiger partial charge in [-0.2, -0.15) is 5.10 Å². The number of rotatable bonds is 3. The van der Waals surface area contributed by atoms with E-state index in [-0.39, 0.29) is 0 Å². The van der Waals surface area contributed by atoms with Crippen LogP contribution in [0.1, 0.15) is 5.69 Å². The molecule has 1 aromatic carbocycles. The number of aromatic nitrogens is 4. The SMILES string of the molecule is Clc1ccc(-c2nc3c(c(Nc4ccc5[nH]ncc5c4)n2)SCC3)s1. The summed E-state index contributed by atoms with van der Waals surface area (Å²) < 4.78 is 0.744. The van der Waals surface area contributed by atoms with E-state index in [1.807, 2.05) is 30.5 Å². The van der Waals surface area contributed by atoms with Crippen LogP contribution in [0.3, 0.4) is 0 Å². The minimum absolute atomic E-state index is 0.727. The van der Waals surface area contributed by atoms with Gasteiger partial charge in [0.05, 0.1) is 31.5 Å². The standard InChI is InChI=1S/C17H12ClN5S2/c18-14-4-3-13(25-14)16-21-12-5-6-24-15(12)17(22-16)20-10-1-2-11-9(7-10)8-19-23-11/h1-4,7-8H,5-6H2,(H,19,23)(H,20,21,22). The van der Waals surface area contributed by atoms with Crippen LogP contribution in [0.4, 0.5) is 11.5 Å². The molecule has 4 aromatic rings. The number of nitrogens with zero attached hydrogens (tertiary/aromatic N) is 3. The van der Waals surface area contributed by atoms with Gasteiger partial charge < -0.3 is 5.32 Å². The summed E-state index contributed by atoms with van der Waals surface area (Å²) >= 11 is 9.37. The number of fused-ring (bicyclic) bond motifs is 2. The molecule has 0 fully saturated rings. The van der Waals surface area contributed by atoms with Crippen LogP contribution in [0, 0.1) is 0 Å². The number of hydrogen-bond donors (Lipinski definition) is 2. The van der Waals surface area contributed by atoms with Crippen LogP contribution < -0.4 is 5.32 Å². The number of hydrogen-bond acceptors (Lipinski definition) is 6. The first-order chi connectivity index (χ1) is 12.3. The van der Waals surface area contributed by atoms with Gasteiger partial charge in [0, 0.05) is 23.2 Å². The normalized spacial score (nSPS) is 13.3. The van der Waals surface area contributed by atoms with Crippen molar-refractivity contribution in [1.82, 2.24) is 20.2 Å². The Bertz CT molecular complexity index is 1090. The number of aryl methyl sites for hydroxylation is 1. The van der Waals surface area contributed by atoms with Crippen molar-refractivity contribution in [1.29, 1.82) is 0 Å². The Hall–Kier alpha value is -2.09. The summed E-state index contributed by atoms with van der Waals surface area (Å²) in [5.74, 6) is 2.62. The third kappa shape index (κ3) is 2.78. The van der Waals surface area contributed by atoms with Crippen molar-refractivity contribution >= 4 is 57.1 Å². The molecule has 1 aliphatic rings. The lowest BCUT2D eigenvalue weighted by Crippen LogP contribution is -2.01. The van der Waals surface area contributed by atoms with Crippen molar-refractivity contribution in [2.45, 2.75) is 11.3 Å². The van der Waals surface area contributed by atoms with Crippen LogP contribution in [-0.4, -0.2) is 25.9 Å². The van der Waals surface area contributed by atoms with E-state index in [1.165, 1.54) is 11.3 Å². The third-order valence-electron chi connectivity index (χ3n) is 4.02. The number of anilines is 2. The lowest BCUT2D eigenvalue weighted by atomic mass is 10.2. The Morgan fingerprint density at radius 1 is 1.16 bits per heavy atom. The molecule has 0 saturated heterocycles. The minimum Gasteiger partial charge on any atom is -0.339 e. The predicted octanol–water partition coefficient (Wildman–Crippen LogP) is 5.13. The maximum Gasteiger partial charge on any atom is 0.172 e. The van der Waals surface area contributed by atoms with Gasteiger partial charge in [-0.15, -0.1) is 23.1 Å². The molecule has 0 radical (unpaired) electrons. The van der Waals surface area contributed by atoms with Crippen molar-refractivity contribution in [3.63, 3.8) is 0 Å². The van der Waals surface area contributed by atoms with E-state index < -0.39 is 0 Å². The van der Waals surface area contributed by atoms with Crippen LogP contribution >= 0.6 is 34.7 Å². The zero-order valence-corrected chi connectivity index (χ0v) is 15.3. The molecule has 8 heteroatoms. The summed E-state index contributed by atoms with van der Waals surface area (Å²) in [6.07, 6.45) is 2.78. The fraction of sp³-hybridized carbons (Fsp3) is 0.118. The Kier molecular flexibility index (Phi) is 3.65. The molecule has 0 amide bonds. The topological polar surface area (TPSA) is 66.5 Å². The van der Waals surface area contributed by atoms with Crippen LogP contribution in [0.15, 0.2) is 41.4 Å². The Labute approximate surface area is 156 Å². The third-order valence-corrected chi connectivity index (χ3v) is 6.37. The van der Waals surface area contributed by atoms with E-state index in [0.717, 1.165) is 60.2 Å². The lowest BCUT2D eigenvalue weighted by molar-refractivity contribution is 0.990. The molecule has 25 heavy (non-hydrogen) atoms. The van der Waals surface area contributed by atoms with Gasteiger partial charge in [-0.3, -0.25) is 5.10 Å². The van der Waals surface area contributed by atoms with Gasteiger partial charge in [0.25, 0.3) is 0 Å². The molecular weight excluding hydrogens is 374 g/mol. The van der Waals surface area contributed by atoms with Crippen molar-refractivity contribution in [2.75, 3.05) is 11.1 Å². The minimum atomic E-state index is 0.727. The van der Waals surface area contributed by atoms with Gasteiger partial charge in [0.2, 0.25) is 0 Å². The molecule has 0 atom stereocenters. The van der Waals surface area contributed by atoms with Crippen LogP contribution in [-0.2, 0) is 6.42 Å². The highest BCUT2D eigenvalue weighted by atomic mass is 35.5. The molecule has 0 aliphatic carbocycles. The first kappa shape index (κ1) is 15.2. The van der Waals surface area contributed by atoms with Gasteiger partial charge >= 0.3 is 0 Å². The van der Waals surface area contributed by atoms with Crippen molar-refractivity contribution in [3.8, 4) is 10.7 Å². The fourth-order valence-corrected chi connectivity index (χ4v) is 4.88. The lowest BCUT2D eigenvalue weighted by Gasteiger charge is -2.11. The zero-order chi connectivity index (χ0) is 16.8. The van der Waals surface area contributed by atoms with Crippen molar-refractivity contribution < 1.29 is 0 Å². The highest BCUT2D eigenvalue weighted by Gasteiger charge is 2.21. The Morgan fingerprint density at radius 3 is 3.00 bits per heavy atom. The Balaban J connectivity index is 1.58. The average molecular weight is 386 g/mol. The quantitative estimate of drug-likeness (QED) is 0.512. The van der Waals surface area contributed by atoms with Gasteiger partial charge in [-0.25, -0.2) is 9.97 Å². The van der Waals surface area contributed by atoms with Gasteiger partial charge in [0.1, 0.15) is 5.82 Å². The van der Waals surface area contributed by atoms with E-state index in [0.29, 0.717) is 0 Å². The fourth-order valence-electron chi connectivity index (χ4n) is 2.85. The van der Waals surface area contributed by atoms with Gasteiger partial charge in [0.15, 0.2) is 5.82 Å². The molecule has 2 N–H and O–H groups in total. The highest BCUT2D eigenvalue weighted by molar-refractivity contribution is 7.99. The molecule has 0 spiro atoms. The second-order valence-electron chi connectivity index (χ2n) is 5.67. The van der Waals surface area contributed by atoms with Crippen LogP contribution in [0.25, 0.3) is 21.6 Å². The maximum absolute atomic E-state index is 6.08.